The van der Waals surface area contributed by atoms with Crippen molar-refractivity contribution >= 4 is 5.78 Å². The number of hydrogen-bond donors (Lipinski definition) is 0. The van der Waals surface area contributed by atoms with Crippen molar-refractivity contribution in [2.45, 2.75) is 117 Å². The minimum Gasteiger partial charge on any atom is -0.300 e. The van der Waals surface area contributed by atoms with Crippen LogP contribution >= 0.6 is 0 Å². The molecule has 24 heavy (non-hydrogen) atoms. The summed E-state index contributed by atoms with van der Waals surface area (Å²) in [7, 11) is 0. The standard InChI is InChI=1S/C23H42O/c1-3-5-6-7-8-9-10-11-12-13-14-15-16-17-18-19-20-21-22-23(24)4-2/h16-17,19-20H,3-15,18,21-22H2,1-2H3. The minimum absolute atomic E-state index is 0.367. The molecule has 140 valence electrons. The topological polar surface area (TPSA) is 17.1 Å². The summed E-state index contributed by atoms with van der Waals surface area (Å²) in [6.45, 7) is 4.22. The van der Waals surface area contributed by atoms with Crippen LogP contribution in [0.25, 0.3) is 0 Å². The Hall–Kier alpha value is -0.850. The highest BCUT2D eigenvalue weighted by Gasteiger charge is 1.94. The molecule has 0 aromatic carbocycles. The Morgan fingerprint density at radius 3 is 1.67 bits per heavy atom. The third-order valence-corrected chi connectivity index (χ3v) is 4.56. The van der Waals surface area contributed by atoms with Gasteiger partial charge < -0.3 is 0 Å². The Morgan fingerprint density at radius 1 is 0.625 bits per heavy atom. The lowest BCUT2D eigenvalue weighted by Crippen LogP contribution is -1.92. The second-order valence-electron chi connectivity index (χ2n) is 6.93. The number of rotatable bonds is 18. The van der Waals surface area contributed by atoms with Gasteiger partial charge >= 0.3 is 0 Å². The van der Waals surface area contributed by atoms with Crippen LogP contribution in [0, 0.1) is 0 Å². The predicted molar refractivity (Wildman–Crippen MR) is 109 cm³/mol. The zero-order valence-electron chi connectivity index (χ0n) is 16.5. The fraction of sp³-hybridized carbons (Fsp3) is 0.783. The quantitative estimate of drug-likeness (QED) is 0.183. The van der Waals surface area contributed by atoms with E-state index in [-0.39, 0.29) is 0 Å². The third kappa shape index (κ3) is 19.2. The van der Waals surface area contributed by atoms with Crippen LogP contribution in [0.15, 0.2) is 24.3 Å². The van der Waals surface area contributed by atoms with Crippen LogP contribution in [-0.2, 0) is 4.79 Å². The van der Waals surface area contributed by atoms with E-state index in [1.807, 2.05) is 6.92 Å². The molecule has 0 heterocycles. The lowest BCUT2D eigenvalue weighted by molar-refractivity contribution is -0.118. The predicted octanol–water partition coefficient (Wildman–Crippen LogP) is 7.95. The summed E-state index contributed by atoms with van der Waals surface area (Å²) in [4.78, 5) is 11.1. The smallest absolute Gasteiger partial charge is 0.132 e. The molecule has 0 saturated heterocycles. The van der Waals surface area contributed by atoms with Crippen molar-refractivity contribution in [1.29, 1.82) is 0 Å². The van der Waals surface area contributed by atoms with E-state index in [9.17, 15) is 4.79 Å². The van der Waals surface area contributed by atoms with Gasteiger partial charge in [-0.25, -0.2) is 0 Å². The molecule has 0 aromatic rings. The first-order valence-electron chi connectivity index (χ1n) is 10.6. The van der Waals surface area contributed by atoms with Crippen LogP contribution in [0.5, 0.6) is 0 Å². The normalized spacial score (nSPS) is 11.8. The van der Waals surface area contributed by atoms with Crippen LogP contribution in [0.1, 0.15) is 117 Å². The fourth-order valence-electron chi connectivity index (χ4n) is 2.85. The highest BCUT2D eigenvalue weighted by Crippen LogP contribution is 2.12. The molecule has 1 heteroatoms. The van der Waals surface area contributed by atoms with Crippen molar-refractivity contribution in [3.8, 4) is 0 Å². The lowest BCUT2D eigenvalue weighted by Gasteiger charge is -2.01. The molecule has 0 rings (SSSR count). The number of hydrogen-bond acceptors (Lipinski definition) is 1. The van der Waals surface area contributed by atoms with Gasteiger partial charge in [0.05, 0.1) is 0 Å². The van der Waals surface area contributed by atoms with Crippen molar-refractivity contribution in [1.82, 2.24) is 0 Å². The molecule has 0 aromatic heterocycles. The van der Waals surface area contributed by atoms with Crippen molar-refractivity contribution in [3.63, 3.8) is 0 Å². The number of carbonyl (C=O) groups excluding carboxylic acids is 1. The molecule has 0 fully saturated rings. The summed E-state index contributed by atoms with van der Waals surface area (Å²) in [6.07, 6.45) is 28.9. The van der Waals surface area contributed by atoms with Gasteiger partial charge in [0.1, 0.15) is 5.78 Å². The summed E-state index contributed by atoms with van der Waals surface area (Å²) in [5.41, 5.74) is 0. The van der Waals surface area contributed by atoms with Gasteiger partial charge in [0.25, 0.3) is 0 Å². The van der Waals surface area contributed by atoms with Gasteiger partial charge in [-0.05, 0) is 25.7 Å². The second kappa shape index (κ2) is 20.2. The first kappa shape index (κ1) is 23.1. The Balaban J connectivity index is 3.18. The first-order valence-corrected chi connectivity index (χ1v) is 10.6. The van der Waals surface area contributed by atoms with Gasteiger partial charge in [0.15, 0.2) is 0 Å². The third-order valence-electron chi connectivity index (χ3n) is 4.56. The van der Waals surface area contributed by atoms with Crippen LogP contribution in [0.2, 0.25) is 0 Å². The second-order valence-corrected chi connectivity index (χ2v) is 6.93. The maximum atomic E-state index is 11.1. The highest BCUT2D eigenvalue weighted by molar-refractivity contribution is 5.78. The molecule has 0 spiro atoms. The summed E-state index contributed by atoms with van der Waals surface area (Å²) in [6, 6.07) is 0. The number of unbranched alkanes of at least 4 members (excludes halogenated alkanes) is 11. The number of Topliss-reactive ketones (excluding diaryl/α,β-unsaturated/α-hetero) is 1. The van der Waals surface area contributed by atoms with Gasteiger partial charge in [-0.2, -0.15) is 0 Å². The first-order chi connectivity index (χ1) is 11.8. The molecular formula is C23H42O. The molecule has 0 aliphatic heterocycles. The van der Waals surface area contributed by atoms with Gasteiger partial charge in [-0.3, -0.25) is 4.79 Å². The SMILES string of the molecule is CCCCCCCCCCCCCC=CCC=CCCC(=O)CC. The number of allylic oxidation sites excluding steroid dienone is 4. The van der Waals surface area contributed by atoms with E-state index in [0.717, 1.165) is 12.8 Å². The summed E-state index contributed by atoms with van der Waals surface area (Å²) in [5, 5.41) is 0. The van der Waals surface area contributed by atoms with E-state index in [1.54, 1.807) is 0 Å². The Bertz CT molecular complexity index is 314. The lowest BCUT2D eigenvalue weighted by atomic mass is 10.1. The van der Waals surface area contributed by atoms with Gasteiger partial charge in [-0.1, -0.05) is 102 Å². The van der Waals surface area contributed by atoms with E-state index in [4.69, 9.17) is 0 Å². The Labute approximate surface area is 152 Å². The fourth-order valence-corrected chi connectivity index (χ4v) is 2.85. The summed E-state index contributed by atoms with van der Waals surface area (Å²) in [5.74, 6) is 0.367. The van der Waals surface area contributed by atoms with Gasteiger partial charge in [0.2, 0.25) is 0 Å². The molecule has 0 amide bonds. The molecule has 0 unspecified atom stereocenters. The molecule has 0 aliphatic carbocycles. The monoisotopic (exact) mass is 334 g/mol. The average Bonchev–Trinajstić information content (AvgIpc) is 2.60. The van der Waals surface area contributed by atoms with E-state index in [1.165, 1.54) is 77.0 Å². The minimum atomic E-state index is 0.367. The van der Waals surface area contributed by atoms with E-state index < -0.39 is 0 Å². The largest absolute Gasteiger partial charge is 0.300 e. The van der Waals surface area contributed by atoms with Crippen molar-refractivity contribution < 1.29 is 4.79 Å². The van der Waals surface area contributed by atoms with Crippen molar-refractivity contribution in [2.24, 2.45) is 0 Å². The van der Waals surface area contributed by atoms with Crippen molar-refractivity contribution in [2.75, 3.05) is 0 Å². The van der Waals surface area contributed by atoms with E-state index in [0.29, 0.717) is 18.6 Å². The maximum Gasteiger partial charge on any atom is 0.132 e. The molecule has 0 radical (unpaired) electrons. The van der Waals surface area contributed by atoms with Crippen LogP contribution in [0.3, 0.4) is 0 Å². The van der Waals surface area contributed by atoms with Crippen molar-refractivity contribution in [3.05, 3.63) is 24.3 Å². The highest BCUT2D eigenvalue weighted by atomic mass is 16.1. The average molecular weight is 335 g/mol. The van der Waals surface area contributed by atoms with Crippen LogP contribution in [-0.4, -0.2) is 5.78 Å². The molecule has 0 saturated carbocycles. The number of carbonyl (C=O) groups is 1. The molecule has 0 atom stereocenters. The zero-order valence-corrected chi connectivity index (χ0v) is 16.5. The van der Waals surface area contributed by atoms with E-state index >= 15 is 0 Å². The molecule has 0 aliphatic rings. The number of ketones is 1. The molecular weight excluding hydrogens is 292 g/mol. The Morgan fingerprint density at radius 2 is 1.12 bits per heavy atom. The van der Waals surface area contributed by atoms with Gasteiger partial charge in [-0.15, -0.1) is 0 Å². The summed E-state index contributed by atoms with van der Waals surface area (Å²) >= 11 is 0. The van der Waals surface area contributed by atoms with Crippen LogP contribution < -0.4 is 0 Å². The molecule has 0 bridgehead atoms. The molecule has 0 N–H and O–H groups in total. The maximum absolute atomic E-state index is 11.1. The summed E-state index contributed by atoms with van der Waals surface area (Å²) < 4.78 is 0. The molecule has 1 nitrogen and oxygen atoms in total. The van der Waals surface area contributed by atoms with Gasteiger partial charge in [0, 0.05) is 12.8 Å². The Kier molecular flexibility index (Phi) is 19.5. The zero-order chi connectivity index (χ0) is 17.7. The van der Waals surface area contributed by atoms with Crippen LogP contribution in [0.4, 0.5) is 0 Å². The van der Waals surface area contributed by atoms with E-state index in [2.05, 4.69) is 31.2 Å².